The highest BCUT2D eigenvalue weighted by atomic mass is 19.1. The Labute approximate surface area is 148 Å². The molecule has 1 atom stereocenters. The SMILES string of the molecule is CC(C)C[C@H](N)C(=O)N1CCC(C(=O)NCc2ccc(F)cc2)CC1. The van der Waals surface area contributed by atoms with Crippen LogP contribution in [0.15, 0.2) is 24.3 Å². The fraction of sp³-hybridized carbons (Fsp3) is 0.579. The first kappa shape index (κ1) is 19.4. The number of amides is 2. The van der Waals surface area contributed by atoms with Crippen LogP contribution in [-0.2, 0) is 16.1 Å². The average Bonchev–Trinajstić information content (AvgIpc) is 2.60. The van der Waals surface area contributed by atoms with Crippen molar-refractivity contribution in [2.24, 2.45) is 17.6 Å². The van der Waals surface area contributed by atoms with E-state index in [9.17, 15) is 14.0 Å². The lowest BCUT2D eigenvalue weighted by Crippen LogP contribution is -2.49. The van der Waals surface area contributed by atoms with Crippen molar-refractivity contribution < 1.29 is 14.0 Å². The molecule has 1 aliphatic heterocycles. The van der Waals surface area contributed by atoms with Gasteiger partial charge in [0.1, 0.15) is 5.82 Å². The molecule has 0 aromatic heterocycles. The van der Waals surface area contributed by atoms with Crippen molar-refractivity contribution in [1.82, 2.24) is 10.2 Å². The molecule has 0 radical (unpaired) electrons. The second-order valence-corrected chi connectivity index (χ2v) is 7.18. The van der Waals surface area contributed by atoms with Crippen molar-refractivity contribution in [2.45, 2.75) is 45.7 Å². The summed E-state index contributed by atoms with van der Waals surface area (Å²) in [6.07, 6.45) is 1.97. The molecule has 5 nitrogen and oxygen atoms in total. The number of rotatable bonds is 6. The van der Waals surface area contributed by atoms with E-state index in [0.29, 0.717) is 44.8 Å². The maximum atomic E-state index is 12.9. The van der Waals surface area contributed by atoms with Crippen LogP contribution in [0, 0.1) is 17.7 Å². The molecule has 1 fully saturated rings. The number of carbonyl (C=O) groups is 2. The lowest BCUT2D eigenvalue weighted by molar-refractivity contribution is -0.137. The summed E-state index contributed by atoms with van der Waals surface area (Å²) in [5, 5.41) is 2.89. The van der Waals surface area contributed by atoms with Crippen molar-refractivity contribution >= 4 is 11.8 Å². The Kier molecular flexibility index (Phi) is 6.93. The van der Waals surface area contributed by atoms with Gasteiger partial charge in [-0.25, -0.2) is 4.39 Å². The Morgan fingerprint density at radius 2 is 1.84 bits per heavy atom. The van der Waals surface area contributed by atoms with Gasteiger partial charge in [0.05, 0.1) is 6.04 Å². The van der Waals surface area contributed by atoms with E-state index in [1.54, 1.807) is 17.0 Å². The molecule has 1 heterocycles. The van der Waals surface area contributed by atoms with Crippen molar-refractivity contribution in [1.29, 1.82) is 0 Å². The molecule has 0 aliphatic carbocycles. The molecular weight excluding hydrogens is 321 g/mol. The highest BCUT2D eigenvalue weighted by molar-refractivity contribution is 5.82. The van der Waals surface area contributed by atoms with Crippen molar-refractivity contribution in [3.8, 4) is 0 Å². The van der Waals surface area contributed by atoms with Gasteiger partial charge in [-0.3, -0.25) is 9.59 Å². The van der Waals surface area contributed by atoms with Gasteiger partial charge >= 0.3 is 0 Å². The average molecular weight is 349 g/mol. The first-order chi connectivity index (χ1) is 11.9. The third-order valence-corrected chi connectivity index (χ3v) is 4.60. The summed E-state index contributed by atoms with van der Waals surface area (Å²) in [6.45, 7) is 5.62. The van der Waals surface area contributed by atoms with E-state index < -0.39 is 6.04 Å². The third kappa shape index (κ3) is 5.81. The molecule has 1 saturated heterocycles. The van der Waals surface area contributed by atoms with Gasteiger partial charge in [0, 0.05) is 25.6 Å². The second-order valence-electron chi connectivity index (χ2n) is 7.18. The summed E-state index contributed by atoms with van der Waals surface area (Å²) in [6, 6.07) is 5.63. The zero-order chi connectivity index (χ0) is 18.4. The largest absolute Gasteiger partial charge is 0.352 e. The number of nitrogens with zero attached hydrogens (tertiary/aromatic N) is 1. The predicted molar refractivity (Wildman–Crippen MR) is 95.0 cm³/mol. The van der Waals surface area contributed by atoms with E-state index in [4.69, 9.17) is 5.73 Å². The Hall–Kier alpha value is -1.95. The minimum Gasteiger partial charge on any atom is -0.352 e. The lowest BCUT2D eigenvalue weighted by Gasteiger charge is -2.33. The standard InChI is InChI=1S/C19H28FN3O2/c1-13(2)11-17(21)19(25)23-9-7-15(8-10-23)18(24)22-12-14-3-5-16(20)6-4-14/h3-6,13,15,17H,7-12,21H2,1-2H3,(H,22,24)/t17-/m0/s1. The topological polar surface area (TPSA) is 75.4 Å². The van der Waals surface area contributed by atoms with Crippen LogP contribution in [0.1, 0.15) is 38.7 Å². The zero-order valence-electron chi connectivity index (χ0n) is 15.0. The smallest absolute Gasteiger partial charge is 0.239 e. The van der Waals surface area contributed by atoms with E-state index in [1.165, 1.54) is 12.1 Å². The Morgan fingerprint density at radius 3 is 2.40 bits per heavy atom. The first-order valence-corrected chi connectivity index (χ1v) is 8.93. The molecule has 0 saturated carbocycles. The Balaban J connectivity index is 1.76. The van der Waals surface area contributed by atoms with Crippen LogP contribution >= 0.6 is 0 Å². The minimum absolute atomic E-state index is 0.0112. The first-order valence-electron chi connectivity index (χ1n) is 8.93. The maximum Gasteiger partial charge on any atom is 0.239 e. The van der Waals surface area contributed by atoms with Crippen molar-refractivity contribution in [2.75, 3.05) is 13.1 Å². The molecule has 138 valence electrons. The van der Waals surface area contributed by atoms with Crippen molar-refractivity contribution in [3.05, 3.63) is 35.6 Å². The molecule has 3 N–H and O–H groups in total. The molecule has 1 aromatic rings. The van der Waals surface area contributed by atoms with Crippen LogP contribution in [0.3, 0.4) is 0 Å². The molecule has 0 bridgehead atoms. The third-order valence-electron chi connectivity index (χ3n) is 4.60. The molecule has 0 spiro atoms. The van der Waals surface area contributed by atoms with Gasteiger partial charge in [0.2, 0.25) is 11.8 Å². The fourth-order valence-corrected chi connectivity index (χ4v) is 3.14. The number of halogens is 1. The molecule has 2 rings (SSSR count). The number of likely N-dealkylation sites (tertiary alicyclic amines) is 1. The number of nitrogens with one attached hydrogen (secondary N) is 1. The second kappa shape index (κ2) is 8.94. The fourth-order valence-electron chi connectivity index (χ4n) is 3.14. The summed E-state index contributed by atoms with van der Waals surface area (Å²) < 4.78 is 12.9. The van der Waals surface area contributed by atoms with Crippen molar-refractivity contribution in [3.63, 3.8) is 0 Å². The molecule has 0 unspecified atom stereocenters. The predicted octanol–water partition coefficient (Wildman–Crippen LogP) is 2.05. The monoisotopic (exact) mass is 349 g/mol. The highest BCUT2D eigenvalue weighted by Crippen LogP contribution is 2.19. The van der Waals surface area contributed by atoms with E-state index in [2.05, 4.69) is 5.32 Å². The molecule has 6 heteroatoms. The number of benzene rings is 1. The molecule has 25 heavy (non-hydrogen) atoms. The lowest BCUT2D eigenvalue weighted by atomic mass is 9.94. The van der Waals surface area contributed by atoms with Crippen LogP contribution in [0.4, 0.5) is 4.39 Å². The van der Waals surface area contributed by atoms with E-state index in [0.717, 1.165) is 5.56 Å². The van der Waals surface area contributed by atoms with Gasteiger partial charge in [0.15, 0.2) is 0 Å². The highest BCUT2D eigenvalue weighted by Gasteiger charge is 2.29. The van der Waals surface area contributed by atoms with Gasteiger partial charge in [-0.15, -0.1) is 0 Å². The van der Waals surface area contributed by atoms with E-state index >= 15 is 0 Å². The number of carbonyl (C=O) groups excluding carboxylic acids is 2. The van der Waals surface area contributed by atoms with Crippen LogP contribution < -0.4 is 11.1 Å². The van der Waals surface area contributed by atoms with E-state index in [-0.39, 0.29) is 23.5 Å². The number of piperidine rings is 1. The molecule has 1 aromatic carbocycles. The van der Waals surface area contributed by atoms with Gasteiger partial charge in [-0.1, -0.05) is 26.0 Å². The van der Waals surface area contributed by atoms with Gasteiger partial charge in [-0.05, 0) is 42.9 Å². The van der Waals surface area contributed by atoms with E-state index in [1.807, 2.05) is 13.8 Å². The Morgan fingerprint density at radius 1 is 1.24 bits per heavy atom. The summed E-state index contributed by atoms with van der Waals surface area (Å²) in [5.74, 6) is -0.0240. The van der Waals surface area contributed by atoms with Gasteiger partial charge < -0.3 is 16.0 Å². The van der Waals surface area contributed by atoms with Crippen LogP contribution in [0.5, 0.6) is 0 Å². The molecule has 2 amide bonds. The summed E-state index contributed by atoms with van der Waals surface area (Å²) >= 11 is 0. The number of hydrogen-bond acceptors (Lipinski definition) is 3. The molecule has 1 aliphatic rings. The summed E-state index contributed by atoms with van der Waals surface area (Å²) in [7, 11) is 0. The van der Waals surface area contributed by atoms with Crippen LogP contribution in [0.2, 0.25) is 0 Å². The molecular formula is C19H28FN3O2. The van der Waals surface area contributed by atoms with Crippen LogP contribution in [-0.4, -0.2) is 35.8 Å². The van der Waals surface area contributed by atoms with Gasteiger partial charge in [-0.2, -0.15) is 0 Å². The normalized spacial score (nSPS) is 16.8. The number of nitrogens with two attached hydrogens (primary N) is 1. The quantitative estimate of drug-likeness (QED) is 0.825. The maximum absolute atomic E-state index is 12.9. The zero-order valence-corrected chi connectivity index (χ0v) is 15.0. The summed E-state index contributed by atoms with van der Waals surface area (Å²) in [5.41, 5.74) is 6.83. The minimum atomic E-state index is -0.455. The van der Waals surface area contributed by atoms with Gasteiger partial charge in [0.25, 0.3) is 0 Å². The number of hydrogen-bond donors (Lipinski definition) is 2. The van der Waals surface area contributed by atoms with Crippen LogP contribution in [0.25, 0.3) is 0 Å². The Bertz CT molecular complexity index is 581. The summed E-state index contributed by atoms with van der Waals surface area (Å²) in [4.78, 5) is 26.4.